The average Bonchev–Trinajstić information content (AvgIpc) is 2.43. The van der Waals surface area contributed by atoms with Gasteiger partial charge in [-0.1, -0.05) is 27.2 Å². The van der Waals surface area contributed by atoms with Gasteiger partial charge in [-0.2, -0.15) is 0 Å². The summed E-state index contributed by atoms with van der Waals surface area (Å²) in [6.07, 6.45) is 3.26. The molecule has 1 aliphatic carbocycles. The predicted molar refractivity (Wildman–Crippen MR) is 85.6 cm³/mol. The van der Waals surface area contributed by atoms with Crippen molar-refractivity contribution < 1.29 is 19.4 Å². The van der Waals surface area contributed by atoms with Crippen LogP contribution in [0.25, 0.3) is 0 Å². The minimum absolute atomic E-state index is 0.00780. The summed E-state index contributed by atoms with van der Waals surface area (Å²) in [6, 6.07) is -0.413. The standard InChI is InChI=1S/C17H31NO4/c1-11(2)14-7-6-12(3)10-15(14)22-17(21)13(4)18(5)9-8-16(19)20/h11-15H,6-10H2,1-5H3,(H,19,20). The zero-order chi connectivity index (χ0) is 16.9. The number of esters is 1. The van der Waals surface area contributed by atoms with Gasteiger partial charge in [0, 0.05) is 6.54 Å². The molecule has 1 fully saturated rings. The summed E-state index contributed by atoms with van der Waals surface area (Å²) in [6.45, 7) is 8.70. The summed E-state index contributed by atoms with van der Waals surface area (Å²) in [5.74, 6) is 0.431. The SMILES string of the molecule is CC1CCC(C(C)C)C(OC(=O)C(C)N(C)CCC(=O)O)C1. The second-order valence-electron chi connectivity index (χ2n) is 7.10. The molecule has 0 heterocycles. The van der Waals surface area contributed by atoms with Gasteiger partial charge in [-0.05, 0) is 44.6 Å². The van der Waals surface area contributed by atoms with Crippen LogP contribution in [0.15, 0.2) is 0 Å². The van der Waals surface area contributed by atoms with Crippen molar-refractivity contribution >= 4 is 11.9 Å². The average molecular weight is 313 g/mol. The topological polar surface area (TPSA) is 66.8 Å². The van der Waals surface area contributed by atoms with E-state index in [-0.39, 0.29) is 18.5 Å². The molecular weight excluding hydrogens is 282 g/mol. The van der Waals surface area contributed by atoms with E-state index in [9.17, 15) is 9.59 Å². The van der Waals surface area contributed by atoms with Crippen molar-refractivity contribution in [3.8, 4) is 0 Å². The second-order valence-corrected chi connectivity index (χ2v) is 7.10. The highest BCUT2D eigenvalue weighted by atomic mass is 16.5. The van der Waals surface area contributed by atoms with E-state index >= 15 is 0 Å². The molecule has 1 aliphatic rings. The fourth-order valence-electron chi connectivity index (χ4n) is 3.14. The van der Waals surface area contributed by atoms with Crippen LogP contribution in [-0.4, -0.2) is 47.7 Å². The van der Waals surface area contributed by atoms with Crippen LogP contribution < -0.4 is 0 Å². The number of ether oxygens (including phenoxy) is 1. The molecule has 0 amide bonds. The summed E-state index contributed by atoms with van der Waals surface area (Å²) < 4.78 is 5.80. The Morgan fingerprint density at radius 2 is 1.91 bits per heavy atom. The van der Waals surface area contributed by atoms with E-state index in [2.05, 4.69) is 20.8 Å². The molecule has 0 aromatic carbocycles. The van der Waals surface area contributed by atoms with E-state index in [1.165, 1.54) is 6.42 Å². The smallest absolute Gasteiger partial charge is 0.323 e. The second kappa shape index (κ2) is 8.51. The third-order valence-electron chi connectivity index (χ3n) is 4.91. The number of carbonyl (C=O) groups excluding carboxylic acids is 1. The highest BCUT2D eigenvalue weighted by Crippen LogP contribution is 2.35. The first kappa shape index (κ1) is 18.9. The number of likely N-dealkylation sites (N-methyl/N-ethyl adjacent to an activating group) is 1. The Balaban J connectivity index is 2.58. The molecule has 1 saturated carbocycles. The van der Waals surface area contributed by atoms with E-state index < -0.39 is 12.0 Å². The highest BCUT2D eigenvalue weighted by molar-refractivity contribution is 5.75. The zero-order valence-electron chi connectivity index (χ0n) is 14.5. The molecule has 5 nitrogen and oxygen atoms in total. The fraction of sp³-hybridized carbons (Fsp3) is 0.882. The molecule has 4 unspecified atom stereocenters. The molecule has 0 spiro atoms. The van der Waals surface area contributed by atoms with Crippen molar-refractivity contribution in [2.75, 3.05) is 13.6 Å². The summed E-state index contributed by atoms with van der Waals surface area (Å²) >= 11 is 0. The number of hydrogen-bond acceptors (Lipinski definition) is 4. The highest BCUT2D eigenvalue weighted by Gasteiger charge is 2.34. The van der Waals surface area contributed by atoms with Crippen LogP contribution in [0.3, 0.4) is 0 Å². The number of carboxylic acid groups (broad SMARTS) is 1. The predicted octanol–water partition coefficient (Wildman–Crippen LogP) is 2.79. The number of nitrogens with zero attached hydrogens (tertiary/aromatic N) is 1. The lowest BCUT2D eigenvalue weighted by atomic mass is 9.75. The molecule has 1 N–H and O–H groups in total. The van der Waals surface area contributed by atoms with Gasteiger partial charge in [-0.3, -0.25) is 14.5 Å². The number of carboxylic acids is 1. The Morgan fingerprint density at radius 1 is 1.27 bits per heavy atom. The van der Waals surface area contributed by atoms with Gasteiger partial charge in [-0.25, -0.2) is 0 Å². The van der Waals surface area contributed by atoms with Crippen LogP contribution in [0.2, 0.25) is 0 Å². The molecule has 0 aromatic rings. The molecular formula is C17H31NO4. The summed E-state index contributed by atoms with van der Waals surface area (Å²) in [5.41, 5.74) is 0. The third kappa shape index (κ3) is 5.59. The minimum atomic E-state index is -0.853. The molecule has 0 aliphatic heterocycles. The van der Waals surface area contributed by atoms with Gasteiger partial charge in [0.2, 0.25) is 0 Å². The van der Waals surface area contributed by atoms with Crippen LogP contribution in [0.1, 0.15) is 53.4 Å². The molecule has 0 aromatic heterocycles. The molecule has 0 radical (unpaired) electrons. The van der Waals surface area contributed by atoms with E-state index in [1.54, 1.807) is 18.9 Å². The largest absolute Gasteiger partial charge is 0.481 e. The van der Waals surface area contributed by atoms with E-state index in [1.807, 2.05) is 0 Å². The lowest BCUT2D eigenvalue weighted by molar-refractivity contribution is -0.161. The first-order chi connectivity index (χ1) is 10.2. The molecule has 5 heteroatoms. The number of carbonyl (C=O) groups is 2. The first-order valence-electron chi connectivity index (χ1n) is 8.34. The van der Waals surface area contributed by atoms with Gasteiger partial charge >= 0.3 is 11.9 Å². The normalized spacial score (nSPS) is 27.0. The molecule has 4 atom stereocenters. The molecule has 128 valence electrons. The van der Waals surface area contributed by atoms with Crippen molar-refractivity contribution in [2.45, 2.75) is 65.5 Å². The Morgan fingerprint density at radius 3 is 2.45 bits per heavy atom. The van der Waals surface area contributed by atoms with Gasteiger partial charge in [0.15, 0.2) is 0 Å². The van der Waals surface area contributed by atoms with Crippen molar-refractivity contribution in [3.63, 3.8) is 0 Å². The van der Waals surface area contributed by atoms with Crippen LogP contribution in [0, 0.1) is 17.8 Å². The Bertz CT molecular complexity index is 383. The van der Waals surface area contributed by atoms with Gasteiger partial charge in [0.05, 0.1) is 6.42 Å². The third-order valence-corrected chi connectivity index (χ3v) is 4.91. The summed E-state index contributed by atoms with van der Waals surface area (Å²) in [5, 5.41) is 8.73. The van der Waals surface area contributed by atoms with Crippen molar-refractivity contribution in [1.29, 1.82) is 0 Å². The van der Waals surface area contributed by atoms with Gasteiger partial charge < -0.3 is 9.84 Å². The zero-order valence-corrected chi connectivity index (χ0v) is 14.5. The number of aliphatic carboxylic acids is 1. The fourth-order valence-corrected chi connectivity index (χ4v) is 3.14. The summed E-state index contributed by atoms with van der Waals surface area (Å²) in [4.78, 5) is 24.7. The van der Waals surface area contributed by atoms with Crippen LogP contribution in [0.5, 0.6) is 0 Å². The minimum Gasteiger partial charge on any atom is -0.481 e. The Hall–Kier alpha value is -1.10. The molecule has 1 rings (SSSR count). The van der Waals surface area contributed by atoms with Gasteiger partial charge in [0.1, 0.15) is 12.1 Å². The monoisotopic (exact) mass is 313 g/mol. The van der Waals surface area contributed by atoms with Crippen LogP contribution >= 0.6 is 0 Å². The van der Waals surface area contributed by atoms with Crippen molar-refractivity contribution in [1.82, 2.24) is 4.90 Å². The van der Waals surface area contributed by atoms with Crippen LogP contribution in [-0.2, 0) is 14.3 Å². The van der Waals surface area contributed by atoms with E-state index in [0.717, 1.165) is 12.8 Å². The van der Waals surface area contributed by atoms with E-state index in [0.29, 0.717) is 24.3 Å². The van der Waals surface area contributed by atoms with E-state index in [4.69, 9.17) is 9.84 Å². The quantitative estimate of drug-likeness (QED) is 0.732. The summed E-state index contributed by atoms with van der Waals surface area (Å²) in [7, 11) is 1.76. The van der Waals surface area contributed by atoms with Crippen molar-refractivity contribution in [3.05, 3.63) is 0 Å². The maximum absolute atomic E-state index is 12.4. The maximum atomic E-state index is 12.4. The molecule has 0 saturated heterocycles. The lowest BCUT2D eigenvalue weighted by Crippen LogP contribution is -2.43. The van der Waals surface area contributed by atoms with Gasteiger partial charge in [0.25, 0.3) is 0 Å². The Kier molecular flexibility index (Phi) is 7.33. The van der Waals surface area contributed by atoms with Crippen LogP contribution in [0.4, 0.5) is 0 Å². The Labute approximate surface area is 134 Å². The molecule has 0 bridgehead atoms. The first-order valence-corrected chi connectivity index (χ1v) is 8.34. The maximum Gasteiger partial charge on any atom is 0.323 e. The molecule has 22 heavy (non-hydrogen) atoms. The number of hydrogen-bond donors (Lipinski definition) is 1. The number of rotatable bonds is 7. The van der Waals surface area contributed by atoms with Crippen molar-refractivity contribution in [2.24, 2.45) is 17.8 Å². The van der Waals surface area contributed by atoms with Gasteiger partial charge in [-0.15, -0.1) is 0 Å². The lowest BCUT2D eigenvalue weighted by Gasteiger charge is -2.37.